The summed E-state index contributed by atoms with van der Waals surface area (Å²) in [4.78, 5) is 15.0. The fraction of sp³-hybridized carbons (Fsp3) is 0.636. The lowest BCUT2D eigenvalue weighted by Crippen LogP contribution is -2.26. The van der Waals surface area contributed by atoms with Crippen LogP contribution in [0.5, 0.6) is 0 Å². The fourth-order valence-corrected chi connectivity index (χ4v) is 1.77. The molecule has 1 N–H and O–H groups in total. The van der Waals surface area contributed by atoms with Crippen molar-refractivity contribution in [2.45, 2.75) is 45.6 Å². The molecule has 84 valence electrons. The molecule has 0 unspecified atom stereocenters. The van der Waals surface area contributed by atoms with Crippen LogP contribution < -0.4 is 0 Å². The summed E-state index contributed by atoms with van der Waals surface area (Å²) in [6, 6.07) is 0. The van der Waals surface area contributed by atoms with Crippen molar-refractivity contribution >= 4 is 5.97 Å². The number of aromatic nitrogens is 2. The van der Waals surface area contributed by atoms with Gasteiger partial charge in [-0.15, -0.1) is 0 Å². The highest BCUT2D eigenvalue weighted by Gasteiger charge is 2.28. The SMILES string of the molecule is CCCn1ccnc1C(C)(C)CC(=O)O. The minimum absolute atomic E-state index is 0.105. The molecule has 1 rings (SSSR count). The molecule has 0 fully saturated rings. The number of rotatable bonds is 5. The first-order chi connectivity index (χ1) is 6.97. The zero-order valence-electron chi connectivity index (χ0n) is 9.53. The van der Waals surface area contributed by atoms with Crippen molar-refractivity contribution in [3.63, 3.8) is 0 Å². The van der Waals surface area contributed by atoms with Crippen molar-refractivity contribution in [2.24, 2.45) is 0 Å². The van der Waals surface area contributed by atoms with Gasteiger partial charge in [0.1, 0.15) is 5.82 Å². The van der Waals surface area contributed by atoms with Gasteiger partial charge in [0.05, 0.1) is 6.42 Å². The van der Waals surface area contributed by atoms with E-state index in [1.54, 1.807) is 6.20 Å². The molecule has 0 bridgehead atoms. The van der Waals surface area contributed by atoms with E-state index >= 15 is 0 Å². The molecule has 0 aliphatic heterocycles. The number of aryl methyl sites for hydroxylation is 1. The molecule has 0 amide bonds. The molecule has 0 spiro atoms. The Labute approximate surface area is 89.9 Å². The highest BCUT2D eigenvalue weighted by atomic mass is 16.4. The minimum atomic E-state index is -0.786. The number of aliphatic carboxylic acids is 1. The second-order valence-electron chi connectivity index (χ2n) is 4.40. The van der Waals surface area contributed by atoms with Gasteiger partial charge >= 0.3 is 5.97 Å². The molecule has 1 aromatic heterocycles. The Morgan fingerprint density at radius 1 is 1.60 bits per heavy atom. The summed E-state index contributed by atoms with van der Waals surface area (Å²) in [5.74, 6) is 0.0674. The van der Waals surface area contributed by atoms with E-state index in [1.807, 2.05) is 24.6 Å². The van der Waals surface area contributed by atoms with Crippen LogP contribution in [0.3, 0.4) is 0 Å². The largest absolute Gasteiger partial charge is 0.481 e. The monoisotopic (exact) mass is 210 g/mol. The zero-order chi connectivity index (χ0) is 11.5. The lowest BCUT2D eigenvalue weighted by atomic mass is 9.88. The van der Waals surface area contributed by atoms with Crippen LogP contribution in [0, 0.1) is 0 Å². The zero-order valence-corrected chi connectivity index (χ0v) is 9.53. The van der Waals surface area contributed by atoms with Crippen molar-refractivity contribution in [3.8, 4) is 0 Å². The van der Waals surface area contributed by atoms with Crippen molar-refractivity contribution in [1.29, 1.82) is 0 Å². The van der Waals surface area contributed by atoms with Gasteiger partial charge in [-0.1, -0.05) is 20.8 Å². The van der Waals surface area contributed by atoms with Gasteiger partial charge in [-0.05, 0) is 6.42 Å². The maximum atomic E-state index is 10.7. The average molecular weight is 210 g/mol. The second kappa shape index (κ2) is 4.47. The van der Waals surface area contributed by atoms with E-state index in [-0.39, 0.29) is 6.42 Å². The predicted octanol–water partition coefficient (Wildman–Crippen LogP) is 2.05. The Balaban J connectivity index is 2.92. The quantitative estimate of drug-likeness (QED) is 0.809. The van der Waals surface area contributed by atoms with Crippen molar-refractivity contribution in [1.82, 2.24) is 9.55 Å². The first-order valence-corrected chi connectivity index (χ1v) is 5.21. The molecular weight excluding hydrogens is 192 g/mol. The normalized spacial score (nSPS) is 11.7. The summed E-state index contributed by atoms with van der Waals surface area (Å²) in [6.07, 6.45) is 4.76. The van der Waals surface area contributed by atoms with Crippen molar-refractivity contribution in [3.05, 3.63) is 18.2 Å². The Kier molecular flexibility index (Phi) is 3.50. The average Bonchev–Trinajstić information content (AvgIpc) is 2.51. The molecule has 0 atom stereocenters. The lowest BCUT2D eigenvalue weighted by molar-refractivity contribution is -0.138. The van der Waals surface area contributed by atoms with Gasteiger partial charge in [0.25, 0.3) is 0 Å². The Morgan fingerprint density at radius 2 is 2.27 bits per heavy atom. The lowest BCUT2D eigenvalue weighted by Gasteiger charge is -2.23. The van der Waals surface area contributed by atoms with Gasteiger partial charge < -0.3 is 9.67 Å². The molecule has 1 aromatic rings. The van der Waals surface area contributed by atoms with Gasteiger partial charge in [0, 0.05) is 24.4 Å². The van der Waals surface area contributed by atoms with Crippen LogP contribution in [0.1, 0.15) is 39.4 Å². The van der Waals surface area contributed by atoms with Crippen LogP contribution in [-0.2, 0) is 16.8 Å². The van der Waals surface area contributed by atoms with E-state index < -0.39 is 11.4 Å². The van der Waals surface area contributed by atoms with E-state index in [9.17, 15) is 4.79 Å². The van der Waals surface area contributed by atoms with Crippen LogP contribution in [0.15, 0.2) is 12.4 Å². The molecule has 0 radical (unpaired) electrons. The van der Waals surface area contributed by atoms with Crippen LogP contribution in [0.2, 0.25) is 0 Å². The van der Waals surface area contributed by atoms with E-state index in [1.165, 1.54) is 0 Å². The van der Waals surface area contributed by atoms with Gasteiger partial charge in [0.2, 0.25) is 0 Å². The summed E-state index contributed by atoms with van der Waals surface area (Å²) in [5.41, 5.74) is -0.412. The summed E-state index contributed by atoms with van der Waals surface area (Å²) < 4.78 is 2.03. The van der Waals surface area contributed by atoms with E-state index in [0.29, 0.717) is 0 Å². The molecule has 0 aromatic carbocycles. The molecule has 4 heteroatoms. The third-order valence-electron chi connectivity index (χ3n) is 2.38. The van der Waals surface area contributed by atoms with Crippen LogP contribution in [0.4, 0.5) is 0 Å². The van der Waals surface area contributed by atoms with Gasteiger partial charge in [0.15, 0.2) is 0 Å². The first kappa shape index (κ1) is 11.8. The molecule has 0 aliphatic carbocycles. The minimum Gasteiger partial charge on any atom is -0.481 e. The van der Waals surface area contributed by atoms with Crippen LogP contribution in [0.25, 0.3) is 0 Å². The summed E-state index contributed by atoms with van der Waals surface area (Å²) in [7, 11) is 0. The third kappa shape index (κ3) is 2.81. The summed E-state index contributed by atoms with van der Waals surface area (Å²) in [6.45, 7) is 6.80. The Hall–Kier alpha value is -1.32. The summed E-state index contributed by atoms with van der Waals surface area (Å²) >= 11 is 0. The van der Waals surface area contributed by atoms with Crippen molar-refractivity contribution < 1.29 is 9.90 Å². The van der Waals surface area contributed by atoms with Gasteiger partial charge in [-0.25, -0.2) is 4.98 Å². The fourth-order valence-electron chi connectivity index (χ4n) is 1.77. The molecule has 0 saturated carbocycles. The predicted molar refractivity (Wildman–Crippen MR) is 57.8 cm³/mol. The smallest absolute Gasteiger partial charge is 0.304 e. The number of hydrogen-bond donors (Lipinski definition) is 1. The Bertz CT molecular complexity index is 342. The number of hydrogen-bond acceptors (Lipinski definition) is 2. The molecule has 1 heterocycles. The molecular formula is C11H18N2O2. The van der Waals surface area contributed by atoms with Crippen molar-refractivity contribution in [2.75, 3.05) is 0 Å². The first-order valence-electron chi connectivity index (χ1n) is 5.21. The number of carbonyl (C=O) groups is 1. The maximum absolute atomic E-state index is 10.7. The maximum Gasteiger partial charge on any atom is 0.304 e. The molecule has 4 nitrogen and oxygen atoms in total. The Morgan fingerprint density at radius 3 is 2.80 bits per heavy atom. The number of carboxylic acid groups (broad SMARTS) is 1. The van der Waals surface area contributed by atoms with Gasteiger partial charge in [-0.3, -0.25) is 4.79 Å². The topological polar surface area (TPSA) is 55.1 Å². The molecule has 0 saturated heterocycles. The van der Waals surface area contributed by atoms with E-state index in [4.69, 9.17) is 5.11 Å². The number of imidazole rings is 1. The summed E-state index contributed by atoms with van der Waals surface area (Å²) in [5, 5.41) is 8.83. The molecule has 15 heavy (non-hydrogen) atoms. The highest BCUT2D eigenvalue weighted by Crippen LogP contribution is 2.25. The number of nitrogens with zero attached hydrogens (tertiary/aromatic N) is 2. The standard InChI is InChI=1S/C11H18N2O2/c1-4-6-13-7-5-12-10(13)11(2,3)8-9(14)15/h5,7H,4,6,8H2,1-3H3,(H,14,15). The van der Waals surface area contributed by atoms with Crippen LogP contribution >= 0.6 is 0 Å². The number of carboxylic acids is 1. The third-order valence-corrected chi connectivity index (χ3v) is 2.38. The highest BCUT2D eigenvalue weighted by molar-refractivity contribution is 5.68. The molecule has 0 aliphatic rings. The second-order valence-corrected chi connectivity index (χ2v) is 4.40. The van der Waals surface area contributed by atoms with E-state index in [2.05, 4.69) is 11.9 Å². The van der Waals surface area contributed by atoms with Gasteiger partial charge in [-0.2, -0.15) is 0 Å². The van der Waals surface area contributed by atoms with E-state index in [0.717, 1.165) is 18.8 Å². The van der Waals surface area contributed by atoms with Crippen LogP contribution in [-0.4, -0.2) is 20.6 Å².